The van der Waals surface area contributed by atoms with E-state index in [1.807, 2.05) is 0 Å². The molecule has 0 bridgehead atoms. The third kappa shape index (κ3) is 3.21. The molecule has 3 aromatic rings. The first kappa shape index (κ1) is 17.7. The summed E-state index contributed by atoms with van der Waals surface area (Å²) in [4.78, 5) is 4.73. The molecule has 140 valence electrons. The van der Waals surface area contributed by atoms with Crippen molar-refractivity contribution in [2.24, 2.45) is 0 Å². The fraction of sp³-hybridized carbons (Fsp3) is 0.300. The molecule has 7 nitrogen and oxygen atoms in total. The van der Waals surface area contributed by atoms with Crippen LogP contribution in [0, 0.1) is 0 Å². The molecule has 1 fully saturated rings. The zero-order chi connectivity index (χ0) is 19.0. The first-order chi connectivity index (χ1) is 13.1. The number of hydrogen-bond acceptors (Lipinski definition) is 6. The smallest absolute Gasteiger partial charge is 0.179 e. The second kappa shape index (κ2) is 7.11. The van der Waals surface area contributed by atoms with Gasteiger partial charge in [-0.2, -0.15) is 5.10 Å². The molecule has 1 aliphatic heterocycles. The Morgan fingerprint density at radius 1 is 1.22 bits per heavy atom. The van der Waals surface area contributed by atoms with Gasteiger partial charge in [-0.3, -0.25) is 0 Å². The SMILES string of the molecule is C=Cc1nn(C2CCCCO2)c2nc(-c3ccc(O)cc3)cc(C(O)O)c12. The van der Waals surface area contributed by atoms with Gasteiger partial charge < -0.3 is 20.1 Å². The summed E-state index contributed by atoms with van der Waals surface area (Å²) in [5.41, 5.74) is 2.66. The molecule has 27 heavy (non-hydrogen) atoms. The van der Waals surface area contributed by atoms with Gasteiger partial charge in [0.2, 0.25) is 0 Å². The third-order valence-corrected chi connectivity index (χ3v) is 4.78. The number of nitrogens with zero attached hydrogens (tertiary/aromatic N) is 3. The van der Waals surface area contributed by atoms with Crippen molar-refractivity contribution in [1.82, 2.24) is 14.8 Å². The van der Waals surface area contributed by atoms with E-state index in [0.717, 1.165) is 24.8 Å². The highest BCUT2D eigenvalue weighted by molar-refractivity contribution is 5.89. The highest BCUT2D eigenvalue weighted by atomic mass is 16.5. The van der Waals surface area contributed by atoms with Crippen LogP contribution in [0.15, 0.2) is 36.9 Å². The van der Waals surface area contributed by atoms with Crippen LogP contribution in [0.25, 0.3) is 28.4 Å². The minimum absolute atomic E-state index is 0.150. The molecule has 0 saturated carbocycles. The summed E-state index contributed by atoms with van der Waals surface area (Å²) in [6, 6.07) is 8.20. The van der Waals surface area contributed by atoms with Crippen molar-refractivity contribution in [2.45, 2.75) is 31.8 Å². The van der Waals surface area contributed by atoms with E-state index in [0.29, 0.717) is 34.6 Å². The first-order valence-electron chi connectivity index (χ1n) is 8.91. The van der Waals surface area contributed by atoms with Crippen LogP contribution in [0.3, 0.4) is 0 Å². The van der Waals surface area contributed by atoms with Crippen molar-refractivity contribution in [3.8, 4) is 17.0 Å². The Bertz CT molecular complexity index is 973. The molecule has 7 heteroatoms. The van der Waals surface area contributed by atoms with Crippen molar-refractivity contribution in [3.05, 3.63) is 48.2 Å². The molecule has 1 unspecified atom stereocenters. The summed E-state index contributed by atoms with van der Waals surface area (Å²) >= 11 is 0. The summed E-state index contributed by atoms with van der Waals surface area (Å²) < 4.78 is 7.57. The van der Waals surface area contributed by atoms with Gasteiger partial charge in [-0.15, -0.1) is 0 Å². The Labute approximate surface area is 156 Å². The van der Waals surface area contributed by atoms with Gasteiger partial charge in [0.15, 0.2) is 18.2 Å². The molecule has 0 aliphatic carbocycles. The number of aliphatic hydroxyl groups is 2. The zero-order valence-corrected chi connectivity index (χ0v) is 14.7. The Morgan fingerprint density at radius 3 is 2.63 bits per heavy atom. The van der Waals surface area contributed by atoms with Crippen LogP contribution in [0.5, 0.6) is 5.75 Å². The van der Waals surface area contributed by atoms with E-state index in [1.165, 1.54) is 0 Å². The van der Waals surface area contributed by atoms with Gasteiger partial charge in [-0.05, 0) is 55.7 Å². The maximum atomic E-state index is 9.96. The summed E-state index contributed by atoms with van der Waals surface area (Å²) in [5, 5.41) is 34.6. The van der Waals surface area contributed by atoms with E-state index < -0.39 is 6.29 Å². The van der Waals surface area contributed by atoms with Crippen molar-refractivity contribution in [2.75, 3.05) is 6.61 Å². The number of aromatic hydroxyl groups is 1. The molecule has 1 aromatic carbocycles. The molecule has 0 amide bonds. The van der Waals surface area contributed by atoms with Gasteiger partial charge in [0, 0.05) is 17.7 Å². The second-order valence-corrected chi connectivity index (χ2v) is 6.57. The molecule has 4 rings (SSSR count). The fourth-order valence-electron chi connectivity index (χ4n) is 3.44. The van der Waals surface area contributed by atoms with E-state index in [4.69, 9.17) is 9.72 Å². The third-order valence-electron chi connectivity index (χ3n) is 4.78. The van der Waals surface area contributed by atoms with Gasteiger partial charge in [0.05, 0.1) is 16.8 Å². The van der Waals surface area contributed by atoms with Gasteiger partial charge in [0.25, 0.3) is 0 Å². The van der Waals surface area contributed by atoms with Crippen LogP contribution in [-0.4, -0.2) is 36.7 Å². The van der Waals surface area contributed by atoms with Gasteiger partial charge in [-0.25, -0.2) is 9.67 Å². The zero-order valence-electron chi connectivity index (χ0n) is 14.7. The maximum Gasteiger partial charge on any atom is 0.179 e. The number of aromatic nitrogens is 3. The molecule has 3 N–H and O–H groups in total. The van der Waals surface area contributed by atoms with Gasteiger partial charge >= 0.3 is 0 Å². The number of rotatable bonds is 4. The van der Waals surface area contributed by atoms with Crippen molar-refractivity contribution < 1.29 is 20.1 Å². The highest BCUT2D eigenvalue weighted by Gasteiger charge is 2.25. The molecule has 1 atom stereocenters. The van der Waals surface area contributed by atoms with E-state index in [1.54, 1.807) is 41.1 Å². The second-order valence-electron chi connectivity index (χ2n) is 6.57. The Hall–Kier alpha value is -2.74. The molecule has 2 aromatic heterocycles. The minimum Gasteiger partial charge on any atom is -0.508 e. The van der Waals surface area contributed by atoms with Gasteiger partial charge in [0.1, 0.15) is 5.75 Å². The van der Waals surface area contributed by atoms with Crippen LogP contribution in [0.1, 0.15) is 43.0 Å². The van der Waals surface area contributed by atoms with E-state index in [9.17, 15) is 15.3 Å². The van der Waals surface area contributed by atoms with Gasteiger partial charge in [-0.1, -0.05) is 6.58 Å². The fourth-order valence-corrected chi connectivity index (χ4v) is 3.44. The van der Waals surface area contributed by atoms with Crippen molar-refractivity contribution in [1.29, 1.82) is 0 Å². The van der Waals surface area contributed by atoms with Crippen LogP contribution in [0.2, 0.25) is 0 Å². The molecule has 1 aliphatic rings. The van der Waals surface area contributed by atoms with Crippen molar-refractivity contribution >= 4 is 17.1 Å². The number of hydrogen-bond donors (Lipinski definition) is 3. The average molecular weight is 367 g/mol. The Balaban J connectivity index is 1.96. The predicted molar refractivity (Wildman–Crippen MR) is 101 cm³/mol. The normalized spacial score (nSPS) is 17.5. The summed E-state index contributed by atoms with van der Waals surface area (Å²) in [6.45, 7) is 4.45. The molecular formula is C20H21N3O4. The number of aliphatic hydroxyl groups excluding tert-OH is 1. The number of pyridine rings is 1. The number of ether oxygens (including phenoxy) is 1. The van der Waals surface area contributed by atoms with Crippen LogP contribution in [0.4, 0.5) is 0 Å². The number of benzene rings is 1. The van der Waals surface area contributed by atoms with Crippen molar-refractivity contribution in [3.63, 3.8) is 0 Å². The summed E-state index contributed by atoms with van der Waals surface area (Å²) in [5.74, 6) is 0.150. The number of phenols is 1. The molecule has 0 radical (unpaired) electrons. The molecule has 3 heterocycles. The van der Waals surface area contributed by atoms with E-state index >= 15 is 0 Å². The first-order valence-corrected chi connectivity index (χ1v) is 8.91. The lowest BCUT2D eigenvalue weighted by atomic mass is 10.0. The molecule has 0 spiro atoms. The Kier molecular flexibility index (Phi) is 4.65. The Morgan fingerprint density at radius 2 is 2.00 bits per heavy atom. The monoisotopic (exact) mass is 367 g/mol. The predicted octanol–water partition coefficient (Wildman–Crippen LogP) is 3.13. The topological polar surface area (TPSA) is 101 Å². The number of phenolic OH excluding ortho intramolecular Hbond substituents is 1. The van der Waals surface area contributed by atoms with Crippen LogP contribution in [-0.2, 0) is 4.74 Å². The van der Waals surface area contributed by atoms with Crippen LogP contribution >= 0.6 is 0 Å². The van der Waals surface area contributed by atoms with E-state index in [-0.39, 0.29) is 12.0 Å². The maximum absolute atomic E-state index is 9.96. The average Bonchev–Trinajstić information content (AvgIpc) is 3.07. The standard InChI is InChI=1S/C20H21N3O4/c1-2-15-18-14(20(25)26)11-16(12-6-8-13(24)9-7-12)21-19(18)23(22-15)17-5-3-4-10-27-17/h2,6-9,11,17,20,24-26H,1,3-5,10H2. The molecule has 1 saturated heterocycles. The minimum atomic E-state index is -1.69. The summed E-state index contributed by atoms with van der Waals surface area (Å²) in [7, 11) is 0. The van der Waals surface area contributed by atoms with Crippen LogP contribution < -0.4 is 0 Å². The largest absolute Gasteiger partial charge is 0.508 e. The lowest BCUT2D eigenvalue weighted by Crippen LogP contribution is -2.19. The van der Waals surface area contributed by atoms with E-state index in [2.05, 4.69) is 11.7 Å². The number of fused-ring (bicyclic) bond motifs is 1. The lowest BCUT2D eigenvalue weighted by Gasteiger charge is -2.23. The highest BCUT2D eigenvalue weighted by Crippen LogP contribution is 2.34. The molecular weight excluding hydrogens is 346 g/mol. The lowest BCUT2D eigenvalue weighted by molar-refractivity contribution is -0.0416. The quantitative estimate of drug-likeness (QED) is 0.613. The summed E-state index contributed by atoms with van der Waals surface area (Å²) in [6.07, 6.45) is 2.50.